The highest BCUT2D eigenvalue weighted by atomic mass is 14.9. The Morgan fingerprint density at radius 1 is 1.00 bits per heavy atom. The molecule has 4 fully saturated rings. The molecule has 0 saturated heterocycles. The van der Waals surface area contributed by atoms with Crippen LogP contribution >= 0.6 is 0 Å². The standard InChI is InChI=1S/C19H22N2/c20-19-11-14-9-16(19)12-18(10-14,13-19)15-3-5-17(6-4-15)21-7-1-2-8-21/h1-8,14,16H,9-13,20H2. The number of nitrogens with two attached hydrogens (primary N) is 1. The summed E-state index contributed by atoms with van der Waals surface area (Å²) in [6, 6.07) is 13.4. The Bertz CT molecular complexity index is 672. The zero-order valence-corrected chi connectivity index (χ0v) is 12.3. The lowest BCUT2D eigenvalue weighted by Crippen LogP contribution is -2.43. The van der Waals surface area contributed by atoms with E-state index in [0.29, 0.717) is 5.41 Å². The van der Waals surface area contributed by atoms with Gasteiger partial charge in [0.2, 0.25) is 0 Å². The fourth-order valence-corrected chi connectivity index (χ4v) is 5.80. The third-order valence-electron chi connectivity index (χ3n) is 6.47. The number of nitrogens with zero attached hydrogens (tertiary/aromatic N) is 1. The van der Waals surface area contributed by atoms with Gasteiger partial charge in [-0.2, -0.15) is 0 Å². The Morgan fingerprint density at radius 2 is 1.76 bits per heavy atom. The number of rotatable bonds is 2. The van der Waals surface area contributed by atoms with E-state index in [0.717, 1.165) is 11.8 Å². The van der Waals surface area contributed by atoms with Crippen molar-refractivity contribution in [3.63, 3.8) is 0 Å². The second kappa shape index (κ2) is 3.80. The van der Waals surface area contributed by atoms with Crippen LogP contribution in [0, 0.1) is 11.8 Å². The van der Waals surface area contributed by atoms with Gasteiger partial charge < -0.3 is 10.3 Å². The van der Waals surface area contributed by atoms with E-state index in [2.05, 4.69) is 53.4 Å². The summed E-state index contributed by atoms with van der Waals surface area (Å²) < 4.78 is 2.17. The smallest absolute Gasteiger partial charge is 0.0449 e. The first-order chi connectivity index (χ1) is 10.2. The topological polar surface area (TPSA) is 30.9 Å². The molecule has 4 atom stereocenters. The SMILES string of the molecule is NC12CC3CC1CC(c1ccc(-n4cccc4)cc1)(C3)C2. The molecule has 4 aliphatic rings. The Balaban J connectivity index is 1.51. The van der Waals surface area contributed by atoms with E-state index in [4.69, 9.17) is 5.73 Å². The molecule has 4 unspecified atom stereocenters. The fourth-order valence-electron chi connectivity index (χ4n) is 5.80. The maximum Gasteiger partial charge on any atom is 0.0449 e. The van der Waals surface area contributed by atoms with Gasteiger partial charge in [-0.15, -0.1) is 0 Å². The molecule has 1 aromatic heterocycles. The van der Waals surface area contributed by atoms with Crippen molar-refractivity contribution in [3.05, 3.63) is 54.4 Å². The summed E-state index contributed by atoms with van der Waals surface area (Å²) in [5.74, 6) is 1.66. The second-order valence-corrected chi connectivity index (χ2v) is 7.74. The summed E-state index contributed by atoms with van der Waals surface area (Å²) in [6.07, 6.45) is 10.8. The Hall–Kier alpha value is -1.54. The van der Waals surface area contributed by atoms with E-state index >= 15 is 0 Å². The molecule has 0 spiro atoms. The summed E-state index contributed by atoms with van der Waals surface area (Å²) in [4.78, 5) is 0. The first-order valence-electron chi connectivity index (χ1n) is 8.20. The van der Waals surface area contributed by atoms with Crippen LogP contribution in [0.2, 0.25) is 0 Å². The molecule has 4 bridgehead atoms. The van der Waals surface area contributed by atoms with Gasteiger partial charge in [-0.1, -0.05) is 12.1 Å². The molecule has 0 amide bonds. The van der Waals surface area contributed by atoms with Gasteiger partial charge in [0.05, 0.1) is 0 Å². The van der Waals surface area contributed by atoms with Gasteiger partial charge >= 0.3 is 0 Å². The minimum atomic E-state index is 0.155. The summed E-state index contributed by atoms with van der Waals surface area (Å²) in [5.41, 5.74) is 10.0. The van der Waals surface area contributed by atoms with Gasteiger partial charge in [0.1, 0.15) is 0 Å². The molecular formula is C19H22N2. The van der Waals surface area contributed by atoms with Gasteiger partial charge in [-0.05, 0) is 79.2 Å². The number of aromatic nitrogens is 1. The highest BCUT2D eigenvalue weighted by Crippen LogP contribution is 2.65. The molecule has 2 N–H and O–H groups in total. The van der Waals surface area contributed by atoms with Crippen molar-refractivity contribution in [2.75, 3.05) is 0 Å². The molecule has 6 rings (SSSR count). The van der Waals surface area contributed by atoms with Crippen molar-refractivity contribution in [2.45, 2.75) is 43.1 Å². The fraction of sp³-hybridized carbons (Fsp3) is 0.474. The molecule has 108 valence electrons. The van der Waals surface area contributed by atoms with Crippen LogP contribution in [-0.4, -0.2) is 10.1 Å². The molecule has 2 nitrogen and oxygen atoms in total. The molecule has 2 aromatic rings. The molecular weight excluding hydrogens is 256 g/mol. The molecule has 0 radical (unpaired) electrons. The van der Waals surface area contributed by atoms with E-state index in [9.17, 15) is 0 Å². The van der Waals surface area contributed by atoms with Gasteiger partial charge in [0.15, 0.2) is 0 Å². The van der Waals surface area contributed by atoms with E-state index < -0.39 is 0 Å². The molecule has 0 aliphatic heterocycles. The van der Waals surface area contributed by atoms with E-state index in [1.54, 1.807) is 0 Å². The van der Waals surface area contributed by atoms with Gasteiger partial charge in [-0.25, -0.2) is 0 Å². The molecule has 4 saturated carbocycles. The average molecular weight is 278 g/mol. The van der Waals surface area contributed by atoms with Crippen molar-refractivity contribution in [1.29, 1.82) is 0 Å². The molecule has 1 aromatic carbocycles. The zero-order valence-electron chi connectivity index (χ0n) is 12.3. The minimum absolute atomic E-state index is 0.155. The van der Waals surface area contributed by atoms with Gasteiger partial charge in [0.25, 0.3) is 0 Å². The third-order valence-corrected chi connectivity index (χ3v) is 6.47. The first kappa shape index (κ1) is 12.0. The van der Waals surface area contributed by atoms with Crippen LogP contribution < -0.4 is 5.73 Å². The Kier molecular flexibility index (Phi) is 2.18. The summed E-state index contributed by atoms with van der Waals surface area (Å²) in [7, 11) is 0. The van der Waals surface area contributed by atoms with Gasteiger partial charge in [0, 0.05) is 23.6 Å². The lowest BCUT2D eigenvalue weighted by molar-refractivity contribution is 0.221. The second-order valence-electron chi connectivity index (χ2n) is 7.74. The summed E-state index contributed by atoms with van der Waals surface area (Å²) in [6.45, 7) is 0. The number of hydrogen-bond acceptors (Lipinski definition) is 1. The van der Waals surface area contributed by atoms with E-state index in [1.807, 2.05) is 0 Å². The number of benzene rings is 1. The maximum absolute atomic E-state index is 6.71. The van der Waals surface area contributed by atoms with E-state index in [1.165, 1.54) is 43.4 Å². The average Bonchev–Trinajstić information content (AvgIpc) is 3.11. The Morgan fingerprint density at radius 3 is 2.43 bits per heavy atom. The summed E-state index contributed by atoms with van der Waals surface area (Å²) in [5, 5.41) is 0. The maximum atomic E-state index is 6.71. The number of hydrogen-bond donors (Lipinski definition) is 1. The molecule has 4 aliphatic carbocycles. The van der Waals surface area contributed by atoms with Crippen molar-refractivity contribution in [2.24, 2.45) is 17.6 Å². The molecule has 21 heavy (non-hydrogen) atoms. The highest BCUT2D eigenvalue weighted by molar-refractivity contribution is 5.41. The van der Waals surface area contributed by atoms with Crippen molar-refractivity contribution < 1.29 is 0 Å². The van der Waals surface area contributed by atoms with Crippen LogP contribution in [-0.2, 0) is 5.41 Å². The molecule has 1 heterocycles. The van der Waals surface area contributed by atoms with Crippen LogP contribution in [0.5, 0.6) is 0 Å². The lowest BCUT2D eigenvalue weighted by Gasteiger charge is -2.40. The van der Waals surface area contributed by atoms with Crippen molar-refractivity contribution >= 4 is 0 Å². The predicted octanol–water partition coefficient (Wildman–Crippen LogP) is 3.64. The quantitative estimate of drug-likeness (QED) is 0.893. The van der Waals surface area contributed by atoms with Crippen molar-refractivity contribution in [3.8, 4) is 5.69 Å². The normalized spacial score (nSPS) is 40.0. The predicted molar refractivity (Wildman–Crippen MR) is 84.4 cm³/mol. The Labute approximate surface area is 126 Å². The summed E-state index contributed by atoms with van der Waals surface area (Å²) >= 11 is 0. The zero-order chi connectivity index (χ0) is 14.1. The van der Waals surface area contributed by atoms with Crippen molar-refractivity contribution in [1.82, 2.24) is 4.57 Å². The van der Waals surface area contributed by atoms with Crippen LogP contribution in [0.1, 0.15) is 37.7 Å². The largest absolute Gasteiger partial charge is 0.325 e. The van der Waals surface area contributed by atoms with E-state index in [-0.39, 0.29) is 5.54 Å². The van der Waals surface area contributed by atoms with Crippen LogP contribution in [0.3, 0.4) is 0 Å². The van der Waals surface area contributed by atoms with Crippen LogP contribution in [0.15, 0.2) is 48.8 Å². The van der Waals surface area contributed by atoms with Gasteiger partial charge in [-0.3, -0.25) is 0 Å². The minimum Gasteiger partial charge on any atom is -0.325 e. The van der Waals surface area contributed by atoms with Crippen LogP contribution in [0.4, 0.5) is 0 Å². The highest BCUT2D eigenvalue weighted by Gasteiger charge is 2.62. The monoisotopic (exact) mass is 278 g/mol. The van der Waals surface area contributed by atoms with Crippen LogP contribution in [0.25, 0.3) is 5.69 Å². The lowest BCUT2D eigenvalue weighted by atomic mass is 9.65. The molecule has 2 heteroatoms. The first-order valence-corrected chi connectivity index (χ1v) is 8.20. The third kappa shape index (κ3) is 1.57.